The Kier molecular flexibility index (Phi) is 4.50. The number of nitrogens with one attached hydrogen (secondary N) is 1. The highest BCUT2D eigenvalue weighted by Gasteiger charge is 2.27. The molecule has 0 aliphatic carbocycles. The summed E-state index contributed by atoms with van der Waals surface area (Å²) in [5.74, 6) is 0.514. The van der Waals surface area contributed by atoms with Crippen LogP contribution >= 0.6 is 0 Å². The van der Waals surface area contributed by atoms with E-state index in [9.17, 15) is 9.59 Å². The third kappa shape index (κ3) is 3.26. The molecule has 2 aromatic heterocycles. The van der Waals surface area contributed by atoms with Gasteiger partial charge in [0.05, 0.1) is 12.2 Å². The number of pyridine rings is 1. The monoisotopic (exact) mass is 389 g/mol. The maximum Gasteiger partial charge on any atom is 0.273 e. The van der Waals surface area contributed by atoms with Crippen LogP contribution in [0.1, 0.15) is 41.0 Å². The number of hydrogen-bond donors (Lipinski definition) is 1. The summed E-state index contributed by atoms with van der Waals surface area (Å²) in [5.41, 5.74) is 1.77. The Morgan fingerprint density at radius 1 is 1.03 bits per heavy atom. The maximum atomic E-state index is 13.2. The van der Waals surface area contributed by atoms with E-state index in [-0.39, 0.29) is 11.5 Å². The van der Waals surface area contributed by atoms with Crippen molar-refractivity contribution in [2.45, 2.75) is 32.2 Å². The summed E-state index contributed by atoms with van der Waals surface area (Å²) < 4.78 is 0. The smallest absolute Gasteiger partial charge is 0.273 e. The van der Waals surface area contributed by atoms with Crippen LogP contribution in [0, 0.1) is 0 Å². The first kappa shape index (κ1) is 17.8. The lowest BCUT2D eigenvalue weighted by Gasteiger charge is -2.31. The molecule has 0 saturated carbocycles. The predicted molar refractivity (Wildman–Crippen MR) is 111 cm³/mol. The van der Waals surface area contributed by atoms with Gasteiger partial charge in [-0.3, -0.25) is 19.6 Å². The lowest BCUT2D eigenvalue weighted by molar-refractivity contribution is 0.0727. The average molecular weight is 389 g/mol. The summed E-state index contributed by atoms with van der Waals surface area (Å²) in [6, 6.07) is 9.67. The van der Waals surface area contributed by atoms with Crippen LogP contribution in [-0.2, 0) is 13.0 Å². The number of fused-ring (bicyclic) bond motifs is 2. The fraction of sp³-hybridized carbons (Fsp3) is 0.364. The molecule has 0 unspecified atom stereocenters. The molecule has 7 heteroatoms. The molecule has 0 bridgehead atoms. The molecule has 2 aliphatic rings. The van der Waals surface area contributed by atoms with E-state index in [1.807, 2.05) is 30.3 Å². The first-order valence-corrected chi connectivity index (χ1v) is 10.2. The quantitative estimate of drug-likeness (QED) is 0.728. The summed E-state index contributed by atoms with van der Waals surface area (Å²) in [7, 11) is 0. The summed E-state index contributed by atoms with van der Waals surface area (Å²) in [5, 5.41) is 1.84. The number of piperidine rings is 1. The van der Waals surface area contributed by atoms with Crippen LogP contribution in [0.2, 0.25) is 0 Å². The Labute approximate surface area is 168 Å². The second kappa shape index (κ2) is 7.31. The molecule has 1 N–H and O–H groups in total. The average Bonchev–Trinajstić information content (AvgIpc) is 2.78. The molecule has 1 amide bonds. The summed E-state index contributed by atoms with van der Waals surface area (Å²) in [4.78, 5) is 41.8. The normalized spacial score (nSPS) is 16.7. The van der Waals surface area contributed by atoms with Gasteiger partial charge in [-0.15, -0.1) is 0 Å². The van der Waals surface area contributed by atoms with Crippen molar-refractivity contribution in [2.24, 2.45) is 0 Å². The van der Waals surface area contributed by atoms with Crippen LogP contribution < -0.4 is 10.5 Å². The molecule has 0 spiro atoms. The van der Waals surface area contributed by atoms with Crippen molar-refractivity contribution in [3.63, 3.8) is 0 Å². The van der Waals surface area contributed by atoms with Gasteiger partial charge < -0.3 is 9.80 Å². The number of aromatic nitrogens is 3. The van der Waals surface area contributed by atoms with Gasteiger partial charge in [0, 0.05) is 36.8 Å². The molecule has 1 aromatic carbocycles. The Balaban J connectivity index is 1.46. The largest absolute Gasteiger partial charge is 0.342 e. The van der Waals surface area contributed by atoms with Gasteiger partial charge in [-0.1, -0.05) is 24.3 Å². The highest BCUT2D eigenvalue weighted by molar-refractivity contribution is 6.05. The number of carbonyl (C=O) groups is 1. The van der Waals surface area contributed by atoms with Gasteiger partial charge >= 0.3 is 0 Å². The molecule has 3 aromatic rings. The van der Waals surface area contributed by atoms with E-state index >= 15 is 0 Å². The lowest BCUT2D eigenvalue weighted by Crippen LogP contribution is -2.41. The maximum absolute atomic E-state index is 13.2. The minimum atomic E-state index is -0.117. The number of nitrogens with zero attached hydrogens (tertiary/aromatic N) is 4. The molecule has 0 atom stereocenters. The van der Waals surface area contributed by atoms with Gasteiger partial charge in [-0.2, -0.15) is 0 Å². The molecule has 148 valence electrons. The zero-order valence-corrected chi connectivity index (χ0v) is 16.2. The third-order valence-corrected chi connectivity index (χ3v) is 5.88. The lowest BCUT2D eigenvalue weighted by atomic mass is 10.0. The fourth-order valence-corrected chi connectivity index (χ4v) is 4.30. The first-order valence-electron chi connectivity index (χ1n) is 10.2. The molecule has 4 heterocycles. The van der Waals surface area contributed by atoms with Crippen LogP contribution in [0.15, 0.2) is 41.3 Å². The molecule has 7 nitrogen and oxygen atoms in total. The zero-order valence-electron chi connectivity index (χ0n) is 16.2. The molecule has 29 heavy (non-hydrogen) atoms. The minimum absolute atomic E-state index is 0.0778. The SMILES string of the molecule is O=C(c1nccc2ccccc12)N1CCc2c(nc(N3CCCCC3)[nH]c2=O)C1. The van der Waals surface area contributed by atoms with E-state index in [1.165, 1.54) is 6.42 Å². The number of hydrogen-bond acceptors (Lipinski definition) is 5. The Bertz CT molecular complexity index is 1130. The van der Waals surface area contributed by atoms with Crippen molar-refractivity contribution in [1.82, 2.24) is 19.9 Å². The van der Waals surface area contributed by atoms with Crippen molar-refractivity contribution >= 4 is 22.6 Å². The number of anilines is 1. The second-order valence-electron chi connectivity index (χ2n) is 7.72. The summed E-state index contributed by atoms with van der Waals surface area (Å²) >= 11 is 0. The van der Waals surface area contributed by atoms with Crippen molar-refractivity contribution in [3.8, 4) is 0 Å². The van der Waals surface area contributed by atoms with E-state index in [1.54, 1.807) is 11.1 Å². The second-order valence-corrected chi connectivity index (χ2v) is 7.72. The number of carbonyl (C=O) groups excluding carboxylic acids is 1. The van der Waals surface area contributed by atoms with Gasteiger partial charge in [0.15, 0.2) is 0 Å². The Morgan fingerprint density at radius 2 is 1.86 bits per heavy atom. The summed E-state index contributed by atoms with van der Waals surface area (Å²) in [6.07, 6.45) is 5.61. The van der Waals surface area contributed by atoms with Crippen LogP contribution in [0.5, 0.6) is 0 Å². The number of benzene rings is 1. The predicted octanol–water partition coefficient (Wildman–Crippen LogP) is 2.51. The van der Waals surface area contributed by atoms with E-state index in [0.29, 0.717) is 42.4 Å². The zero-order chi connectivity index (χ0) is 19.8. The number of H-pyrrole nitrogens is 1. The van der Waals surface area contributed by atoms with Crippen LogP contribution in [-0.4, -0.2) is 45.4 Å². The molecular formula is C22H23N5O2. The first-order chi connectivity index (χ1) is 14.2. The molecule has 1 saturated heterocycles. The summed E-state index contributed by atoms with van der Waals surface area (Å²) in [6.45, 7) is 2.64. The van der Waals surface area contributed by atoms with E-state index in [4.69, 9.17) is 4.98 Å². The fourth-order valence-electron chi connectivity index (χ4n) is 4.30. The number of amides is 1. The van der Waals surface area contributed by atoms with Crippen LogP contribution in [0.3, 0.4) is 0 Å². The highest BCUT2D eigenvalue weighted by Crippen LogP contribution is 2.23. The van der Waals surface area contributed by atoms with Crippen molar-refractivity contribution in [2.75, 3.05) is 24.5 Å². The van der Waals surface area contributed by atoms with E-state index < -0.39 is 0 Å². The number of rotatable bonds is 2. The topological polar surface area (TPSA) is 82.2 Å². The Hall–Kier alpha value is -3.22. The van der Waals surface area contributed by atoms with Crippen LogP contribution in [0.25, 0.3) is 10.8 Å². The molecule has 2 aliphatic heterocycles. The van der Waals surface area contributed by atoms with Crippen molar-refractivity contribution in [1.29, 1.82) is 0 Å². The van der Waals surface area contributed by atoms with Gasteiger partial charge in [0.25, 0.3) is 11.5 Å². The molecule has 1 fully saturated rings. The Morgan fingerprint density at radius 3 is 2.72 bits per heavy atom. The number of aromatic amines is 1. The van der Waals surface area contributed by atoms with Crippen molar-refractivity contribution in [3.05, 3.63) is 63.8 Å². The van der Waals surface area contributed by atoms with Crippen LogP contribution in [0.4, 0.5) is 5.95 Å². The van der Waals surface area contributed by atoms with Gasteiger partial charge in [0.1, 0.15) is 5.69 Å². The third-order valence-electron chi connectivity index (χ3n) is 5.88. The molecule has 5 rings (SSSR count). The standard InChI is InChI=1S/C22H23N5O2/c28-20-17-9-13-27(14-18(17)24-22(25-20)26-11-4-1-5-12-26)21(29)19-16-7-3-2-6-15(16)8-10-23-19/h2-3,6-8,10H,1,4-5,9,11-14H2,(H,24,25,28). The van der Waals surface area contributed by atoms with E-state index in [2.05, 4.69) is 14.9 Å². The van der Waals surface area contributed by atoms with Crippen molar-refractivity contribution < 1.29 is 4.79 Å². The molecular weight excluding hydrogens is 366 g/mol. The molecule has 0 radical (unpaired) electrons. The highest BCUT2D eigenvalue weighted by atomic mass is 16.2. The van der Waals surface area contributed by atoms with Gasteiger partial charge in [0.2, 0.25) is 5.95 Å². The van der Waals surface area contributed by atoms with E-state index in [0.717, 1.165) is 36.7 Å². The minimum Gasteiger partial charge on any atom is -0.342 e. The van der Waals surface area contributed by atoms with Gasteiger partial charge in [-0.25, -0.2) is 4.98 Å². The van der Waals surface area contributed by atoms with Gasteiger partial charge in [-0.05, 0) is 37.1 Å².